The maximum atomic E-state index is 12.2. The minimum absolute atomic E-state index is 0.407. The number of β-lactam (4-membered cyclic amide) rings is 1. The van der Waals surface area contributed by atoms with Gasteiger partial charge in [-0.15, -0.1) is 23.2 Å². The van der Waals surface area contributed by atoms with Crippen molar-refractivity contribution in [1.29, 1.82) is 0 Å². The first-order chi connectivity index (χ1) is 7.70. The molecule has 2 heterocycles. The highest BCUT2D eigenvalue weighted by Crippen LogP contribution is 2.48. The lowest BCUT2D eigenvalue weighted by Crippen LogP contribution is -2.64. The van der Waals surface area contributed by atoms with Crippen LogP contribution in [0.2, 0.25) is 0 Å². The van der Waals surface area contributed by atoms with Crippen LogP contribution in [0.1, 0.15) is 6.92 Å². The molecule has 9 heteroatoms. The highest BCUT2D eigenvalue weighted by molar-refractivity contribution is 7.94. The second-order valence-electron chi connectivity index (χ2n) is 4.27. The third-order valence-corrected chi connectivity index (χ3v) is 7.43. The second-order valence-corrected chi connectivity index (χ2v) is 7.51. The summed E-state index contributed by atoms with van der Waals surface area (Å²) in [5.41, 5.74) is 0. The van der Waals surface area contributed by atoms with Crippen molar-refractivity contribution in [3.05, 3.63) is 0 Å². The molecule has 0 aromatic carbocycles. The van der Waals surface area contributed by atoms with Crippen molar-refractivity contribution in [2.75, 3.05) is 5.88 Å². The number of sulfone groups is 1. The van der Waals surface area contributed by atoms with Crippen LogP contribution in [0.25, 0.3) is 0 Å². The summed E-state index contributed by atoms with van der Waals surface area (Å²) in [5.74, 6) is -2.48. The van der Waals surface area contributed by atoms with E-state index in [1.165, 1.54) is 6.92 Å². The summed E-state index contributed by atoms with van der Waals surface area (Å²) in [5, 5.41) is 6.59. The van der Waals surface area contributed by atoms with Crippen molar-refractivity contribution in [3.8, 4) is 0 Å². The van der Waals surface area contributed by atoms with Crippen molar-refractivity contribution in [2.24, 2.45) is 0 Å². The summed E-state index contributed by atoms with van der Waals surface area (Å²) < 4.78 is 22.6. The molecule has 2 rings (SSSR count). The molecular weight excluding hydrogens is 293 g/mol. The van der Waals surface area contributed by atoms with Gasteiger partial charge in [-0.3, -0.25) is 4.79 Å². The van der Waals surface area contributed by atoms with E-state index >= 15 is 0 Å². The number of hydrogen-bond acceptors (Lipinski definition) is 4. The van der Waals surface area contributed by atoms with Crippen LogP contribution < -0.4 is 0 Å². The van der Waals surface area contributed by atoms with Crippen LogP contribution in [0.3, 0.4) is 0 Å². The summed E-state index contributed by atoms with van der Waals surface area (Å²) in [6, 6.07) is -1.47. The Morgan fingerprint density at radius 3 is 2.53 bits per heavy atom. The summed E-state index contributed by atoms with van der Waals surface area (Å²) >= 11 is 11.2. The fourth-order valence-corrected chi connectivity index (χ4v) is 5.71. The lowest BCUT2D eigenvalue weighted by atomic mass is 9.98. The molecule has 1 amide bonds. The second kappa shape index (κ2) is 3.49. The average molecular weight is 302 g/mol. The van der Waals surface area contributed by atoms with E-state index in [2.05, 4.69) is 0 Å². The van der Waals surface area contributed by atoms with E-state index in [0.29, 0.717) is 0 Å². The highest BCUT2D eigenvalue weighted by atomic mass is 35.5. The van der Waals surface area contributed by atoms with Crippen LogP contribution in [0.5, 0.6) is 0 Å². The van der Waals surface area contributed by atoms with Crippen molar-refractivity contribution < 1.29 is 23.1 Å². The minimum Gasteiger partial charge on any atom is -0.480 e. The van der Waals surface area contributed by atoms with Gasteiger partial charge >= 0.3 is 5.97 Å². The number of carboxylic acid groups (broad SMARTS) is 1. The quantitative estimate of drug-likeness (QED) is 0.555. The molecule has 2 saturated heterocycles. The molecule has 0 spiro atoms. The van der Waals surface area contributed by atoms with Gasteiger partial charge in [-0.2, -0.15) is 0 Å². The standard InChI is InChI=1S/C8H9Cl2NO5S/c1-8(2-9)4(7(13)14)11-5(12)3(10)6(11)17(8,15)16/h3-4,6H,2H2,1H3,(H,13,14)/t3-,4-,6-,8-/m0/s1. The molecule has 2 aliphatic heterocycles. The zero-order valence-corrected chi connectivity index (χ0v) is 11.0. The van der Waals surface area contributed by atoms with E-state index in [1.807, 2.05) is 0 Å². The summed E-state index contributed by atoms with van der Waals surface area (Å²) in [7, 11) is -3.89. The number of aliphatic carboxylic acids is 1. The summed E-state index contributed by atoms with van der Waals surface area (Å²) in [6.07, 6.45) is 0. The Bertz CT molecular complexity index is 506. The van der Waals surface area contributed by atoms with Gasteiger partial charge in [-0.1, -0.05) is 0 Å². The van der Waals surface area contributed by atoms with Gasteiger partial charge in [0.1, 0.15) is 10.1 Å². The topological polar surface area (TPSA) is 91.8 Å². The van der Waals surface area contributed by atoms with Crippen molar-refractivity contribution in [2.45, 2.75) is 28.5 Å². The molecule has 0 radical (unpaired) electrons. The van der Waals surface area contributed by atoms with Gasteiger partial charge in [-0.05, 0) is 6.92 Å². The zero-order valence-electron chi connectivity index (χ0n) is 8.63. The number of carbonyl (C=O) groups is 2. The first-order valence-corrected chi connectivity index (χ1v) is 7.20. The van der Waals surface area contributed by atoms with Gasteiger partial charge in [-0.25, -0.2) is 13.2 Å². The van der Waals surface area contributed by atoms with Crippen molar-refractivity contribution in [1.82, 2.24) is 4.90 Å². The molecule has 0 saturated carbocycles. The van der Waals surface area contributed by atoms with Crippen LogP contribution in [0.15, 0.2) is 0 Å². The number of carboxylic acids is 1. The van der Waals surface area contributed by atoms with Crippen LogP contribution in [-0.4, -0.2) is 57.7 Å². The normalized spacial score (nSPS) is 43.1. The molecule has 1 N–H and O–H groups in total. The molecule has 2 fully saturated rings. The fraction of sp³-hybridized carbons (Fsp3) is 0.750. The average Bonchev–Trinajstić information content (AvgIpc) is 2.42. The van der Waals surface area contributed by atoms with E-state index in [-0.39, 0.29) is 0 Å². The number of hydrogen-bond donors (Lipinski definition) is 1. The van der Waals surface area contributed by atoms with E-state index in [9.17, 15) is 18.0 Å². The van der Waals surface area contributed by atoms with E-state index in [1.54, 1.807) is 0 Å². The fourth-order valence-electron chi connectivity index (χ4n) is 2.28. The number of fused-ring (bicyclic) bond motifs is 1. The molecule has 0 unspecified atom stereocenters. The van der Waals surface area contributed by atoms with Gasteiger partial charge < -0.3 is 10.0 Å². The van der Waals surface area contributed by atoms with Gasteiger partial charge in [0.2, 0.25) is 5.91 Å². The number of amides is 1. The smallest absolute Gasteiger partial charge is 0.328 e. The summed E-state index contributed by atoms with van der Waals surface area (Å²) in [4.78, 5) is 23.4. The van der Waals surface area contributed by atoms with Crippen LogP contribution in [-0.2, 0) is 19.4 Å². The van der Waals surface area contributed by atoms with Gasteiger partial charge in [0.15, 0.2) is 21.3 Å². The number of nitrogens with zero attached hydrogens (tertiary/aromatic N) is 1. The van der Waals surface area contributed by atoms with Crippen molar-refractivity contribution >= 4 is 44.9 Å². The largest absolute Gasteiger partial charge is 0.480 e. The first kappa shape index (κ1) is 12.9. The van der Waals surface area contributed by atoms with Crippen LogP contribution in [0, 0.1) is 0 Å². The Hall–Kier alpha value is -0.530. The maximum absolute atomic E-state index is 12.2. The molecular formula is C8H9Cl2NO5S. The van der Waals surface area contributed by atoms with Crippen LogP contribution >= 0.6 is 23.2 Å². The third kappa shape index (κ3) is 1.25. The number of carbonyl (C=O) groups excluding carboxylic acids is 1. The van der Waals surface area contributed by atoms with Crippen LogP contribution in [0.4, 0.5) is 0 Å². The molecule has 96 valence electrons. The number of rotatable bonds is 2. The Labute approximate surface area is 107 Å². The molecule has 17 heavy (non-hydrogen) atoms. The monoisotopic (exact) mass is 301 g/mol. The van der Waals surface area contributed by atoms with Gasteiger partial charge in [0.05, 0.1) is 0 Å². The number of alkyl halides is 2. The molecule has 0 aliphatic carbocycles. The lowest BCUT2D eigenvalue weighted by molar-refractivity contribution is -0.156. The summed E-state index contributed by atoms with van der Waals surface area (Å²) in [6.45, 7) is 1.23. The predicted molar refractivity (Wildman–Crippen MR) is 59.7 cm³/mol. The molecule has 0 aromatic rings. The van der Waals surface area contributed by atoms with Gasteiger partial charge in [0.25, 0.3) is 0 Å². The first-order valence-electron chi connectivity index (χ1n) is 4.68. The van der Waals surface area contributed by atoms with Crippen molar-refractivity contribution in [3.63, 3.8) is 0 Å². The molecule has 2 aliphatic rings. The SMILES string of the molecule is C[C@]1(CCl)[C@H](C(=O)O)N2C(=O)[C@H](Cl)[C@@H]2S1(=O)=O. The lowest BCUT2D eigenvalue weighted by Gasteiger charge is -2.39. The Kier molecular flexibility index (Phi) is 2.65. The Morgan fingerprint density at radius 2 is 2.12 bits per heavy atom. The van der Waals surface area contributed by atoms with E-state index in [0.717, 1.165) is 4.90 Å². The Balaban J connectivity index is 2.62. The zero-order chi connectivity index (χ0) is 13.2. The maximum Gasteiger partial charge on any atom is 0.328 e. The molecule has 4 atom stereocenters. The van der Waals surface area contributed by atoms with Gasteiger partial charge in [0, 0.05) is 5.88 Å². The molecule has 6 nitrogen and oxygen atoms in total. The minimum atomic E-state index is -3.89. The molecule has 0 bridgehead atoms. The molecule has 0 aromatic heterocycles. The van der Waals surface area contributed by atoms with E-state index < -0.39 is 49.1 Å². The highest BCUT2D eigenvalue weighted by Gasteiger charge is 2.73. The number of halogens is 2. The van der Waals surface area contributed by atoms with E-state index in [4.69, 9.17) is 28.3 Å². The predicted octanol–water partition coefficient (Wildman–Crippen LogP) is -0.359. The third-order valence-electron chi connectivity index (χ3n) is 3.34. The Morgan fingerprint density at radius 1 is 1.59 bits per heavy atom.